The first-order valence-electron chi connectivity index (χ1n) is 14.0. The SMILES string of the molecule is CC(C)CCC[C@@H](C)[C@H]1CC[C@H]2[C@@H]3C[C@H]4O[C@]45C[C@@H](OS(C)(=O)=O)CC[C@]5(C)[C@H]3CC[C@]12C. The number of hydrogen-bond acceptors (Lipinski definition) is 4. The summed E-state index contributed by atoms with van der Waals surface area (Å²) in [6, 6.07) is 0. The molecule has 4 aliphatic carbocycles. The van der Waals surface area contributed by atoms with Crippen LogP contribution in [-0.4, -0.2) is 32.5 Å². The van der Waals surface area contributed by atoms with Crippen LogP contribution >= 0.6 is 0 Å². The van der Waals surface area contributed by atoms with E-state index in [0.29, 0.717) is 11.5 Å². The van der Waals surface area contributed by atoms with Gasteiger partial charge in [0, 0.05) is 11.8 Å². The Morgan fingerprint density at radius 1 is 1.00 bits per heavy atom. The lowest BCUT2D eigenvalue weighted by atomic mass is 9.44. The van der Waals surface area contributed by atoms with Gasteiger partial charge in [0.25, 0.3) is 10.1 Å². The summed E-state index contributed by atoms with van der Waals surface area (Å²) in [4.78, 5) is 0. The zero-order valence-electron chi connectivity index (χ0n) is 21.9. The molecule has 1 spiro atoms. The van der Waals surface area contributed by atoms with Crippen molar-refractivity contribution in [1.82, 2.24) is 0 Å². The zero-order chi connectivity index (χ0) is 23.8. The highest BCUT2D eigenvalue weighted by molar-refractivity contribution is 7.86. The molecule has 4 nitrogen and oxygen atoms in total. The Morgan fingerprint density at radius 2 is 1.76 bits per heavy atom. The molecule has 1 aliphatic heterocycles. The highest BCUT2D eigenvalue weighted by Gasteiger charge is 2.76. The van der Waals surface area contributed by atoms with Gasteiger partial charge in [-0.1, -0.05) is 53.9 Å². The Morgan fingerprint density at radius 3 is 2.45 bits per heavy atom. The summed E-state index contributed by atoms with van der Waals surface area (Å²) in [5, 5.41) is 0. The van der Waals surface area contributed by atoms with Crippen LogP contribution < -0.4 is 0 Å². The van der Waals surface area contributed by atoms with E-state index >= 15 is 0 Å². The molecule has 1 saturated heterocycles. The molecule has 5 aliphatic rings. The van der Waals surface area contributed by atoms with Crippen molar-refractivity contribution in [1.29, 1.82) is 0 Å². The van der Waals surface area contributed by atoms with Crippen molar-refractivity contribution in [2.45, 2.75) is 123 Å². The smallest absolute Gasteiger partial charge is 0.264 e. The number of epoxide rings is 1. The van der Waals surface area contributed by atoms with Crippen LogP contribution in [-0.2, 0) is 19.0 Å². The Labute approximate surface area is 203 Å². The molecule has 190 valence electrons. The van der Waals surface area contributed by atoms with Crippen LogP contribution in [0.15, 0.2) is 0 Å². The number of fused-ring (bicyclic) bond motifs is 4. The maximum Gasteiger partial charge on any atom is 0.264 e. The molecular weight excluding hydrogens is 432 g/mol. The van der Waals surface area contributed by atoms with Gasteiger partial charge < -0.3 is 4.74 Å². The van der Waals surface area contributed by atoms with Gasteiger partial charge in [-0.3, -0.25) is 4.18 Å². The highest BCUT2D eigenvalue weighted by Crippen LogP contribution is 2.74. The maximum atomic E-state index is 11.8. The maximum absolute atomic E-state index is 11.8. The van der Waals surface area contributed by atoms with Gasteiger partial charge in [-0.25, -0.2) is 0 Å². The van der Waals surface area contributed by atoms with E-state index in [4.69, 9.17) is 8.92 Å². The van der Waals surface area contributed by atoms with E-state index in [-0.39, 0.29) is 17.1 Å². The van der Waals surface area contributed by atoms with E-state index in [1.165, 1.54) is 57.6 Å². The summed E-state index contributed by atoms with van der Waals surface area (Å²) in [6.07, 6.45) is 14.8. The van der Waals surface area contributed by atoms with E-state index < -0.39 is 10.1 Å². The molecule has 33 heavy (non-hydrogen) atoms. The standard InChI is InChI=1S/C28H48O4S/c1-18(2)8-7-9-19(3)22-10-11-23-21-16-25-28(31-25)17-20(32-33(6,29)30)12-15-27(28,5)24(21)13-14-26(22,23)4/h18-25H,7-17H2,1-6H3/t19-,20+,21+,22-,23+,24+,25-,26-,27-,28-/m1/s1. The second-order valence-corrected chi connectivity index (χ2v) is 15.3. The molecule has 0 amide bonds. The highest BCUT2D eigenvalue weighted by atomic mass is 32.2. The molecule has 4 saturated carbocycles. The van der Waals surface area contributed by atoms with Crippen molar-refractivity contribution in [2.75, 3.05) is 6.26 Å². The van der Waals surface area contributed by atoms with Gasteiger partial charge in [-0.15, -0.1) is 0 Å². The van der Waals surface area contributed by atoms with Crippen molar-refractivity contribution in [3.8, 4) is 0 Å². The minimum absolute atomic E-state index is 0.127. The first kappa shape index (κ1) is 24.6. The zero-order valence-corrected chi connectivity index (χ0v) is 22.8. The molecule has 0 radical (unpaired) electrons. The van der Waals surface area contributed by atoms with Gasteiger partial charge in [0.2, 0.25) is 0 Å². The fraction of sp³-hybridized carbons (Fsp3) is 1.00. The van der Waals surface area contributed by atoms with Crippen molar-refractivity contribution in [3.63, 3.8) is 0 Å². The number of hydrogen-bond donors (Lipinski definition) is 0. The van der Waals surface area contributed by atoms with Crippen LogP contribution in [0.5, 0.6) is 0 Å². The van der Waals surface area contributed by atoms with Crippen molar-refractivity contribution >= 4 is 10.1 Å². The fourth-order valence-corrected chi connectivity index (χ4v) is 10.7. The summed E-state index contributed by atoms with van der Waals surface area (Å²) in [7, 11) is -3.41. The molecule has 5 fully saturated rings. The van der Waals surface area contributed by atoms with E-state index in [1.807, 2.05) is 0 Å². The van der Waals surface area contributed by atoms with Crippen LogP contribution in [0.2, 0.25) is 0 Å². The van der Waals surface area contributed by atoms with E-state index in [9.17, 15) is 8.42 Å². The first-order chi connectivity index (χ1) is 15.4. The van der Waals surface area contributed by atoms with Gasteiger partial charge >= 0.3 is 0 Å². The van der Waals surface area contributed by atoms with Gasteiger partial charge in [0.05, 0.1) is 18.5 Å². The Hall–Kier alpha value is -0.130. The quantitative estimate of drug-likeness (QED) is 0.305. The lowest BCUT2D eigenvalue weighted by Crippen LogP contribution is -2.59. The van der Waals surface area contributed by atoms with Crippen LogP contribution in [0.4, 0.5) is 0 Å². The number of ether oxygens (including phenoxy) is 1. The summed E-state index contributed by atoms with van der Waals surface area (Å²) in [6.45, 7) is 12.4. The molecule has 0 aromatic carbocycles. The van der Waals surface area contributed by atoms with Gasteiger partial charge in [-0.05, 0) is 85.9 Å². The molecule has 0 bridgehead atoms. The van der Waals surface area contributed by atoms with Crippen LogP contribution in [0.3, 0.4) is 0 Å². The molecule has 10 atom stereocenters. The van der Waals surface area contributed by atoms with Crippen LogP contribution in [0.25, 0.3) is 0 Å². The summed E-state index contributed by atoms with van der Waals surface area (Å²) in [5.74, 6) is 4.90. The third-order valence-electron chi connectivity index (χ3n) is 11.6. The average molecular weight is 481 g/mol. The lowest BCUT2D eigenvalue weighted by molar-refractivity contribution is -0.113. The molecule has 5 heteroatoms. The molecule has 0 unspecified atom stereocenters. The lowest BCUT2D eigenvalue weighted by Gasteiger charge is -2.59. The topological polar surface area (TPSA) is 55.9 Å². The van der Waals surface area contributed by atoms with Crippen molar-refractivity contribution in [3.05, 3.63) is 0 Å². The predicted octanol–water partition coefficient (Wildman–Crippen LogP) is 6.58. The monoisotopic (exact) mass is 480 g/mol. The molecule has 0 aromatic heterocycles. The summed E-state index contributed by atoms with van der Waals surface area (Å²) < 4.78 is 35.6. The molecule has 1 heterocycles. The first-order valence-corrected chi connectivity index (χ1v) is 15.8. The average Bonchev–Trinajstić information content (AvgIpc) is 3.27. The number of rotatable bonds is 7. The van der Waals surface area contributed by atoms with Crippen molar-refractivity contribution in [2.24, 2.45) is 46.3 Å². The Bertz CT molecular complexity index is 854. The predicted molar refractivity (Wildman–Crippen MR) is 132 cm³/mol. The summed E-state index contributed by atoms with van der Waals surface area (Å²) >= 11 is 0. The third kappa shape index (κ3) is 3.95. The van der Waals surface area contributed by atoms with Gasteiger partial charge in [-0.2, -0.15) is 8.42 Å². The minimum Gasteiger partial charge on any atom is -0.365 e. The third-order valence-corrected chi connectivity index (χ3v) is 12.2. The van der Waals surface area contributed by atoms with Gasteiger partial charge in [0.15, 0.2) is 0 Å². The Balaban J connectivity index is 1.31. The largest absolute Gasteiger partial charge is 0.365 e. The van der Waals surface area contributed by atoms with Crippen LogP contribution in [0.1, 0.15) is 105 Å². The van der Waals surface area contributed by atoms with E-state index in [1.54, 1.807) is 0 Å². The normalized spacial score (nSPS) is 49.7. The molecule has 0 N–H and O–H groups in total. The molecule has 5 rings (SSSR count). The van der Waals surface area contributed by atoms with Crippen molar-refractivity contribution < 1.29 is 17.3 Å². The Kier molecular flexibility index (Phi) is 6.10. The molecular formula is C28H48O4S. The summed E-state index contributed by atoms with van der Waals surface area (Å²) in [5.41, 5.74) is 0.554. The fourth-order valence-electron chi connectivity index (χ4n) is 9.99. The van der Waals surface area contributed by atoms with Crippen LogP contribution in [0, 0.1) is 46.3 Å². The van der Waals surface area contributed by atoms with E-state index in [0.717, 1.165) is 54.8 Å². The molecule has 0 aromatic rings. The van der Waals surface area contributed by atoms with Gasteiger partial charge in [0.1, 0.15) is 5.60 Å². The minimum atomic E-state index is -3.41. The van der Waals surface area contributed by atoms with E-state index in [2.05, 4.69) is 34.6 Å². The second-order valence-electron chi connectivity index (χ2n) is 13.7. The second kappa shape index (κ2) is 8.20.